The molecular formula is C19H22ClN3OS. The Bertz CT molecular complexity index is 776. The lowest BCUT2D eigenvalue weighted by Crippen LogP contribution is -2.59. The summed E-state index contributed by atoms with van der Waals surface area (Å²) in [5, 5.41) is 10.3. The highest BCUT2D eigenvalue weighted by atomic mass is 35.5. The minimum atomic E-state index is 0.0749. The largest absolute Gasteiger partial charge is 0.346 e. The van der Waals surface area contributed by atoms with Crippen LogP contribution in [0, 0.1) is 17.8 Å². The number of amides is 1. The maximum Gasteiger partial charge on any atom is 0.261 e. The zero-order valence-corrected chi connectivity index (χ0v) is 15.7. The van der Waals surface area contributed by atoms with Gasteiger partial charge in [0.1, 0.15) is 0 Å². The SMILES string of the molecule is O=C(NC12CC3CC(CC(C3)C1)C2)c1cc(Cn2cc(Cl)cn2)cs1. The number of hydrogen-bond acceptors (Lipinski definition) is 3. The molecular weight excluding hydrogens is 354 g/mol. The molecule has 4 aliphatic carbocycles. The molecule has 0 aliphatic heterocycles. The Balaban J connectivity index is 1.29. The highest BCUT2D eigenvalue weighted by Crippen LogP contribution is 2.55. The second-order valence-corrected chi connectivity index (χ2v) is 9.68. The molecule has 2 heterocycles. The van der Waals surface area contributed by atoms with Crippen LogP contribution in [0.5, 0.6) is 0 Å². The Morgan fingerprint density at radius 1 is 1.28 bits per heavy atom. The number of carbonyl (C=O) groups excluding carboxylic acids is 1. The topological polar surface area (TPSA) is 46.9 Å². The van der Waals surface area contributed by atoms with Crippen LogP contribution < -0.4 is 5.32 Å². The van der Waals surface area contributed by atoms with Gasteiger partial charge in [-0.3, -0.25) is 9.48 Å². The van der Waals surface area contributed by atoms with E-state index in [-0.39, 0.29) is 11.4 Å². The van der Waals surface area contributed by atoms with E-state index in [2.05, 4.69) is 10.4 Å². The Labute approximate surface area is 156 Å². The Morgan fingerprint density at radius 2 is 1.96 bits per heavy atom. The smallest absolute Gasteiger partial charge is 0.261 e. The first-order valence-corrected chi connectivity index (χ1v) is 10.4. The van der Waals surface area contributed by atoms with E-state index in [1.165, 1.54) is 49.9 Å². The van der Waals surface area contributed by atoms with Crippen molar-refractivity contribution in [1.82, 2.24) is 15.1 Å². The molecule has 1 N–H and O–H groups in total. The van der Waals surface area contributed by atoms with Gasteiger partial charge in [0, 0.05) is 11.7 Å². The second-order valence-electron chi connectivity index (χ2n) is 8.33. The van der Waals surface area contributed by atoms with Crippen molar-refractivity contribution in [2.45, 2.75) is 50.6 Å². The average molecular weight is 376 g/mol. The summed E-state index contributed by atoms with van der Waals surface area (Å²) in [6.45, 7) is 0.647. The summed E-state index contributed by atoms with van der Waals surface area (Å²) < 4.78 is 1.80. The standard InChI is InChI=1S/C19H22ClN3OS/c20-16-8-21-23(10-16)9-15-4-17(25-11-15)18(24)22-19-5-12-1-13(6-19)3-14(2-12)7-19/h4,8,10-14H,1-3,5-7,9H2,(H,22,24). The number of aromatic nitrogens is 2. The van der Waals surface area contributed by atoms with Crippen LogP contribution in [0.15, 0.2) is 23.8 Å². The van der Waals surface area contributed by atoms with E-state index in [9.17, 15) is 4.79 Å². The average Bonchev–Trinajstić information content (AvgIpc) is 3.15. The molecule has 6 rings (SSSR count). The van der Waals surface area contributed by atoms with E-state index in [4.69, 9.17) is 11.6 Å². The fourth-order valence-electron chi connectivity index (χ4n) is 5.76. The number of nitrogens with one attached hydrogen (secondary N) is 1. The molecule has 132 valence electrons. The Kier molecular flexibility index (Phi) is 3.72. The van der Waals surface area contributed by atoms with Gasteiger partial charge in [0.2, 0.25) is 0 Å². The fraction of sp³-hybridized carbons (Fsp3) is 0.579. The summed E-state index contributed by atoms with van der Waals surface area (Å²) in [6.07, 6.45) is 11.2. The van der Waals surface area contributed by atoms with Crippen molar-refractivity contribution in [3.05, 3.63) is 39.3 Å². The van der Waals surface area contributed by atoms with E-state index in [0.29, 0.717) is 11.6 Å². The van der Waals surface area contributed by atoms with Gasteiger partial charge in [-0.2, -0.15) is 5.10 Å². The van der Waals surface area contributed by atoms with Crippen molar-refractivity contribution >= 4 is 28.8 Å². The highest BCUT2D eigenvalue weighted by Gasteiger charge is 2.51. The molecule has 0 unspecified atom stereocenters. The number of carbonyl (C=O) groups is 1. The van der Waals surface area contributed by atoms with Gasteiger partial charge in [-0.1, -0.05) is 11.6 Å². The van der Waals surface area contributed by atoms with Gasteiger partial charge >= 0.3 is 0 Å². The summed E-state index contributed by atoms with van der Waals surface area (Å²) in [4.78, 5) is 13.7. The van der Waals surface area contributed by atoms with Gasteiger partial charge in [-0.05, 0) is 73.3 Å². The predicted octanol–water partition coefficient (Wildman–Crippen LogP) is 4.34. The molecule has 4 bridgehead atoms. The Hall–Kier alpha value is -1.33. The molecule has 0 aromatic carbocycles. The molecule has 4 fully saturated rings. The molecule has 6 heteroatoms. The van der Waals surface area contributed by atoms with Crippen molar-refractivity contribution < 1.29 is 4.79 Å². The quantitative estimate of drug-likeness (QED) is 0.863. The minimum absolute atomic E-state index is 0.0749. The third-order valence-electron chi connectivity index (χ3n) is 6.24. The zero-order valence-electron chi connectivity index (χ0n) is 14.1. The molecule has 0 spiro atoms. The summed E-state index contributed by atoms with van der Waals surface area (Å²) in [5.41, 5.74) is 1.17. The van der Waals surface area contributed by atoms with Crippen molar-refractivity contribution in [3.63, 3.8) is 0 Å². The van der Waals surface area contributed by atoms with Gasteiger partial charge in [-0.25, -0.2) is 0 Å². The zero-order chi connectivity index (χ0) is 17.0. The summed E-state index contributed by atoms with van der Waals surface area (Å²) in [7, 11) is 0. The Morgan fingerprint density at radius 3 is 2.56 bits per heavy atom. The third kappa shape index (κ3) is 3.02. The van der Waals surface area contributed by atoms with E-state index >= 15 is 0 Å². The number of nitrogens with zero attached hydrogens (tertiary/aromatic N) is 2. The first-order valence-electron chi connectivity index (χ1n) is 9.15. The maximum absolute atomic E-state index is 12.9. The number of thiophene rings is 1. The molecule has 4 saturated carbocycles. The first kappa shape index (κ1) is 15.9. The lowest BCUT2D eigenvalue weighted by atomic mass is 9.53. The van der Waals surface area contributed by atoms with Crippen molar-refractivity contribution in [2.24, 2.45) is 17.8 Å². The van der Waals surface area contributed by atoms with Crippen LogP contribution in [0.2, 0.25) is 5.02 Å². The lowest BCUT2D eigenvalue weighted by molar-refractivity contribution is -0.0166. The second kappa shape index (κ2) is 5.85. The summed E-state index contributed by atoms with van der Waals surface area (Å²) in [6, 6.07) is 2.00. The van der Waals surface area contributed by atoms with E-state index in [1.54, 1.807) is 17.1 Å². The van der Waals surface area contributed by atoms with Gasteiger partial charge in [0.05, 0.1) is 22.6 Å². The third-order valence-corrected chi connectivity index (χ3v) is 7.41. The lowest BCUT2D eigenvalue weighted by Gasteiger charge is -2.56. The van der Waals surface area contributed by atoms with Crippen molar-refractivity contribution in [2.75, 3.05) is 0 Å². The molecule has 2 aromatic rings. The minimum Gasteiger partial charge on any atom is -0.346 e. The van der Waals surface area contributed by atoms with Crippen LogP contribution in [-0.2, 0) is 6.54 Å². The molecule has 1 amide bonds. The number of halogens is 1. The van der Waals surface area contributed by atoms with Gasteiger partial charge < -0.3 is 5.32 Å². The van der Waals surface area contributed by atoms with E-state index in [1.807, 2.05) is 11.4 Å². The van der Waals surface area contributed by atoms with Gasteiger partial charge in [-0.15, -0.1) is 11.3 Å². The molecule has 2 aromatic heterocycles. The van der Waals surface area contributed by atoms with Crippen LogP contribution in [-0.4, -0.2) is 21.2 Å². The van der Waals surface area contributed by atoms with Crippen LogP contribution in [0.4, 0.5) is 0 Å². The molecule has 0 atom stereocenters. The normalized spacial score (nSPS) is 32.9. The monoisotopic (exact) mass is 375 g/mol. The van der Waals surface area contributed by atoms with E-state index in [0.717, 1.165) is 28.2 Å². The molecule has 25 heavy (non-hydrogen) atoms. The summed E-state index contributed by atoms with van der Waals surface area (Å²) in [5.74, 6) is 2.64. The highest BCUT2D eigenvalue weighted by molar-refractivity contribution is 7.12. The first-order chi connectivity index (χ1) is 12.1. The predicted molar refractivity (Wildman–Crippen MR) is 99.0 cm³/mol. The van der Waals surface area contributed by atoms with Gasteiger partial charge in [0.15, 0.2) is 0 Å². The number of hydrogen-bond donors (Lipinski definition) is 1. The van der Waals surface area contributed by atoms with Crippen LogP contribution in [0.1, 0.15) is 53.8 Å². The number of rotatable bonds is 4. The maximum atomic E-state index is 12.9. The van der Waals surface area contributed by atoms with Crippen molar-refractivity contribution in [3.8, 4) is 0 Å². The molecule has 4 nitrogen and oxygen atoms in total. The van der Waals surface area contributed by atoms with Crippen LogP contribution >= 0.6 is 22.9 Å². The molecule has 0 radical (unpaired) electrons. The molecule has 0 saturated heterocycles. The van der Waals surface area contributed by atoms with Crippen molar-refractivity contribution in [1.29, 1.82) is 0 Å². The summed E-state index contributed by atoms with van der Waals surface area (Å²) >= 11 is 7.44. The molecule has 4 aliphatic rings. The van der Waals surface area contributed by atoms with Gasteiger partial charge in [0.25, 0.3) is 5.91 Å². The van der Waals surface area contributed by atoms with E-state index < -0.39 is 0 Å². The van der Waals surface area contributed by atoms with Crippen LogP contribution in [0.3, 0.4) is 0 Å². The fourth-order valence-corrected chi connectivity index (χ4v) is 6.71. The van der Waals surface area contributed by atoms with Crippen LogP contribution in [0.25, 0.3) is 0 Å².